The maximum Gasteiger partial charge on any atom is 0.694 e. The fraction of sp³-hybridized carbons (Fsp3) is 0.833. The quantitative estimate of drug-likeness (QED) is 0.442. The molecular weight excluding hydrogens is 260 g/mol. The molecule has 0 bridgehead atoms. The largest absolute Gasteiger partial charge is 0.694 e. The van der Waals surface area contributed by atoms with Gasteiger partial charge in [0, 0.05) is 10.7 Å². The lowest BCUT2D eigenvalue weighted by Crippen LogP contribution is -2.31. The SMILES string of the molecule is N[C@@H](CCP(=O)(O)CCO[P+](=O)O)C(=O)O. The van der Waals surface area contributed by atoms with E-state index in [0.29, 0.717) is 0 Å². The Morgan fingerprint density at radius 2 is 2.06 bits per heavy atom. The first kappa shape index (κ1) is 15.6. The van der Waals surface area contributed by atoms with Gasteiger partial charge in [0.1, 0.15) is 12.6 Å². The van der Waals surface area contributed by atoms with Crippen molar-refractivity contribution in [2.45, 2.75) is 12.5 Å². The van der Waals surface area contributed by atoms with Crippen LogP contribution in [-0.2, 0) is 18.4 Å². The molecule has 0 aromatic heterocycles. The highest BCUT2D eigenvalue weighted by molar-refractivity contribution is 7.58. The lowest BCUT2D eigenvalue weighted by molar-refractivity contribution is -0.138. The molecule has 0 fully saturated rings. The average Bonchev–Trinajstić information content (AvgIpc) is 2.13. The van der Waals surface area contributed by atoms with Gasteiger partial charge in [-0.05, 0) is 6.42 Å². The summed E-state index contributed by atoms with van der Waals surface area (Å²) in [5.74, 6) is -1.24. The minimum absolute atomic E-state index is 0.131. The van der Waals surface area contributed by atoms with Gasteiger partial charge < -0.3 is 15.7 Å². The van der Waals surface area contributed by atoms with Gasteiger partial charge in [-0.15, -0.1) is 9.42 Å². The smallest absolute Gasteiger partial charge is 0.480 e. The van der Waals surface area contributed by atoms with E-state index in [1.54, 1.807) is 0 Å². The second kappa shape index (κ2) is 7.06. The van der Waals surface area contributed by atoms with E-state index in [1.165, 1.54) is 0 Å². The molecule has 0 amide bonds. The Bertz CT molecular complexity index is 307. The minimum Gasteiger partial charge on any atom is -0.480 e. The minimum atomic E-state index is -3.55. The van der Waals surface area contributed by atoms with Gasteiger partial charge in [-0.25, -0.2) is 0 Å². The van der Waals surface area contributed by atoms with Crippen molar-refractivity contribution in [2.75, 3.05) is 18.9 Å². The first-order valence-corrected chi connectivity index (χ1v) is 7.49. The fourth-order valence-electron chi connectivity index (χ4n) is 0.838. The first-order valence-electron chi connectivity index (χ1n) is 4.33. The summed E-state index contributed by atoms with van der Waals surface area (Å²) in [6.45, 7) is -0.332. The molecule has 2 unspecified atom stereocenters. The number of hydrogen-bond acceptors (Lipinski definition) is 5. The third kappa shape index (κ3) is 7.87. The lowest BCUT2D eigenvalue weighted by atomic mass is 10.2. The highest BCUT2D eigenvalue weighted by atomic mass is 31.2. The van der Waals surface area contributed by atoms with E-state index in [0.717, 1.165) is 0 Å². The summed E-state index contributed by atoms with van der Waals surface area (Å²) >= 11 is 0. The van der Waals surface area contributed by atoms with E-state index < -0.39 is 27.6 Å². The molecule has 16 heavy (non-hydrogen) atoms. The van der Waals surface area contributed by atoms with Gasteiger partial charge in [-0.2, -0.15) is 0 Å². The molecule has 0 spiro atoms. The summed E-state index contributed by atoms with van der Waals surface area (Å²) in [6, 6.07) is -1.18. The number of carboxylic acid groups (broad SMARTS) is 1. The van der Waals surface area contributed by atoms with Gasteiger partial charge in [-0.1, -0.05) is 0 Å². The molecule has 0 aliphatic carbocycles. The number of nitrogens with two attached hydrogens (primary N) is 1. The topological polar surface area (TPSA) is 147 Å². The Morgan fingerprint density at radius 1 is 1.50 bits per heavy atom. The Morgan fingerprint density at radius 3 is 2.50 bits per heavy atom. The first-order chi connectivity index (χ1) is 7.24. The van der Waals surface area contributed by atoms with Crippen molar-refractivity contribution in [2.24, 2.45) is 5.73 Å². The van der Waals surface area contributed by atoms with Crippen LogP contribution < -0.4 is 5.73 Å². The molecule has 94 valence electrons. The monoisotopic (exact) mass is 274 g/mol. The van der Waals surface area contributed by atoms with Gasteiger partial charge in [0.05, 0.1) is 6.16 Å². The van der Waals surface area contributed by atoms with Crippen molar-refractivity contribution in [3.63, 3.8) is 0 Å². The van der Waals surface area contributed by atoms with Crippen LogP contribution in [0.2, 0.25) is 0 Å². The zero-order valence-electron chi connectivity index (χ0n) is 8.35. The molecule has 0 aromatic rings. The van der Waals surface area contributed by atoms with Crippen molar-refractivity contribution in [3.05, 3.63) is 0 Å². The molecule has 0 aliphatic heterocycles. The number of aliphatic carboxylic acids is 1. The Hall–Kier alpha value is -0.360. The molecule has 0 aromatic carbocycles. The maximum absolute atomic E-state index is 11.4. The Balaban J connectivity index is 3.91. The van der Waals surface area contributed by atoms with E-state index >= 15 is 0 Å². The van der Waals surface area contributed by atoms with Crippen LogP contribution in [0.3, 0.4) is 0 Å². The van der Waals surface area contributed by atoms with Crippen LogP contribution in [0.5, 0.6) is 0 Å². The van der Waals surface area contributed by atoms with Crippen molar-refractivity contribution < 1.29 is 33.3 Å². The fourth-order valence-corrected chi connectivity index (χ4v) is 2.51. The molecular formula is C6H14NO7P2+. The average molecular weight is 274 g/mol. The van der Waals surface area contributed by atoms with Crippen molar-refractivity contribution in [3.8, 4) is 0 Å². The van der Waals surface area contributed by atoms with Crippen molar-refractivity contribution >= 4 is 21.6 Å². The van der Waals surface area contributed by atoms with E-state index in [2.05, 4.69) is 4.52 Å². The van der Waals surface area contributed by atoms with Crippen LogP contribution in [0.15, 0.2) is 0 Å². The highest BCUT2D eigenvalue weighted by Crippen LogP contribution is 2.41. The second-order valence-corrected chi connectivity index (χ2v) is 6.42. The van der Waals surface area contributed by atoms with Crippen LogP contribution in [-0.4, -0.2) is 45.8 Å². The van der Waals surface area contributed by atoms with Crippen LogP contribution in [0.4, 0.5) is 0 Å². The summed E-state index contributed by atoms with van der Waals surface area (Å²) in [6.07, 6.45) is -0.693. The van der Waals surface area contributed by atoms with Crippen LogP contribution in [0, 0.1) is 0 Å². The van der Waals surface area contributed by atoms with Crippen molar-refractivity contribution in [1.82, 2.24) is 0 Å². The zero-order chi connectivity index (χ0) is 12.8. The molecule has 0 rings (SSSR count). The Labute approximate surface area is 92.8 Å². The van der Waals surface area contributed by atoms with Gasteiger partial charge in [0.25, 0.3) is 0 Å². The number of rotatable bonds is 8. The van der Waals surface area contributed by atoms with E-state index in [9.17, 15) is 18.8 Å². The number of carboxylic acids is 1. The standard InChI is InChI=1S/C6H13NO7P2/c7-5(6(8)9)1-3-16(12,13)4-2-14-15(10)11/h5H,1-4,7H2,(H2-,8,9,10,11,12,13)/p+1/t5-/m0/s1. The predicted octanol–water partition coefficient (Wildman–Crippen LogP) is -0.275. The molecule has 10 heteroatoms. The third-order valence-electron chi connectivity index (χ3n) is 1.75. The highest BCUT2D eigenvalue weighted by Gasteiger charge is 2.24. The summed E-state index contributed by atoms with van der Waals surface area (Å²) in [7, 11) is -6.34. The van der Waals surface area contributed by atoms with Crippen LogP contribution in [0.25, 0.3) is 0 Å². The van der Waals surface area contributed by atoms with Gasteiger partial charge in [0.15, 0.2) is 0 Å². The van der Waals surface area contributed by atoms with Crippen LogP contribution >= 0.6 is 15.6 Å². The summed E-state index contributed by atoms with van der Waals surface area (Å²) in [5, 5.41) is 8.43. The van der Waals surface area contributed by atoms with E-state index in [4.69, 9.17) is 15.7 Å². The maximum atomic E-state index is 11.4. The van der Waals surface area contributed by atoms with Crippen LogP contribution in [0.1, 0.15) is 6.42 Å². The third-order valence-corrected chi connectivity index (χ3v) is 3.99. The Kier molecular flexibility index (Phi) is 6.90. The zero-order valence-corrected chi connectivity index (χ0v) is 10.1. The molecule has 0 saturated carbocycles. The number of hydrogen-bond donors (Lipinski definition) is 4. The van der Waals surface area contributed by atoms with Crippen molar-refractivity contribution in [1.29, 1.82) is 0 Å². The summed E-state index contributed by atoms with van der Waals surface area (Å²) in [4.78, 5) is 27.9. The molecule has 3 atom stereocenters. The molecule has 0 radical (unpaired) electrons. The van der Waals surface area contributed by atoms with E-state index in [-0.39, 0.29) is 25.4 Å². The molecule has 0 saturated heterocycles. The number of carbonyl (C=O) groups is 1. The normalized spacial score (nSPS) is 17.6. The molecule has 8 nitrogen and oxygen atoms in total. The van der Waals surface area contributed by atoms with Gasteiger partial charge in [0.2, 0.25) is 7.37 Å². The second-order valence-electron chi connectivity index (χ2n) is 3.10. The summed E-state index contributed by atoms with van der Waals surface area (Å²) in [5.41, 5.74) is 5.15. The molecule has 5 N–H and O–H groups in total. The van der Waals surface area contributed by atoms with E-state index in [1.807, 2.05) is 0 Å². The van der Waals surface area contributed by atoms with Gasteiger partial charge >= 0.3 is 14.2 Å². The lowest BCUT2D eigenvalue weighted by Gasteiger charge is -2.11. The van der Waals surface area contributed by atoms with Gasteiger partial charge in [-0.3, -0.25) is 9.36 Å². The molecule has 0 heterocycles. The molecule has 0 aliphatic rings. The summed E-state index contributed by atoms with van der Waals surface area (Å²) < 4.78 is 25.7. The predicted molar refractivity (Wildman–Crippen MR) is 55.6 cm³/mol.